The van der Waals surface area contributed by atoms with Crippen LogP contribution in [0.25, 0.3) is 11.4 Å². The van der Waals surface area contributed by atoms with Crippen molar-refractivity contribution >= 4 is 23.2 Å². The molecule has 1 aromatic heterocycles. The molecule has 0 aliphatic carbocycles. The van der Waals surface area contributed by atoms with Gasteiger partial charge in [-0.15, -0.1) is 0 Å². The first-order chi connectivity index (χ1) is 6.66. The summed E-state index contributed by atoms with van der Waals surface area (Å²) in [6.45, 7) is 0. The predicted octanol–water partition coefficient (Wildman–Crippen LogP) is 2.79. The van der Waals surface area contributed by atoms with Gasteiger partial charge in [-0.25, -0.2) is 4.98 Å². The summed E-state index contributed by atoms with van der Waals surface area (Å²) in [5.41, 5.74) is 0.750. The van der Waals surface area contributed by atoms with Gasteiger partial charge in [0.25, 0.3) is 0 Å². The smallest absolute Gasteiger partial charge is 0.182 e. The van der Waals surface area contributed by atoms with Crippen molar-refractivity contribution in [2.75, 3.05) is 0 Å². The second-order valence-corrected chi connectivity index (χ2v) is 3.71. The number of nitrogens with zero attached hydrogens (tertiary/aromatic N) is 3. The van der Waals surface area contributed by atoms with Crippen molar-refractivity contribution in [3.05, 3.63) is 34.6 Å². The minimum Gasteiger partial charge on any atom is -0.255 e. The van der Waals surface area contributed by atoms with E-state index in [4.69, 9.17) is 23.2 Å². The van der Waals surface area contributed by atoms with Crippen LogP contribution in [0, 0.1) is 0 Å². The zero-order valence-electron chi connectivity index (χ0n) is 7.41. The van der Waals surface area contributed by atoms with Gasteiger partial charge in [0, 0.05) is 17.6 Å². The van der Waals surface area contributed by atoms with Crippen molar-refractivity contribution in [1.29, 1.82) is 0 Å². The Bertz CT molecular complexity index is 465. The highest BCUT2D eigenvalue weighted by molar-refractivity contribution is 6.35. The number of hydrogen-bond donors (Lipinski definition) is 0. The number of halogens is 2. The molecular formula is C9H7Cl2N3. The number of benzene rings is 1. The maximum absolute atomic E-state index is 5.99. The van der Waals surface area contributed by atoms with Crippen molar-refractivity contribution in [1.82, 2.24) is 14.8 Å². The van der Waals surface area contributed by atoms with Gasteiger partial charge < -0.3 is 0 Å². The summed E-state index contributed by atoms with van der Waals surface area (Å²) in [5, 5.41) is 5.37. The predicted molar refractivity (Wildman–Crippen MR) is 56.5 cm³/mol. The van der Waals surface area contributed by atoms with Crippen LogP contribution in [0.15, 0.2) is 24.5 Å². The lowest BCUT2D eigenvalue weighted by Gasteiger charge is -1.99. The molecule has 0 saturated carbocycles. The number of aromatic nitrogens is 3. The van der Waals surface area contributed by atoms with E-state index < -0.39 is 0 Å². The molecule has 14 heavy (non-hydrogen) atoms. The fourth-order valence-corrected chi connectivity index (χ4v) is 1.51. The van der Waals surface area contributed by atoms with E-state index in [0.29, 0.717) is 15.9 Å². The van der Waals surface area contributed by atoms with Crippen molar-refractivity contribution < 1.29 is 0 Å². The molecule has 0 aliphatic rings. The molecule has 2 aromatic rings. The van der Waals surface area contributed by atoms with Gasteiger partial charge >= 0.3 is 0 Å². The normalized spacial score (nSPS) is 10.5. The molecule has 3 nitrogen and oxygen atoms in total. The van der Waals surface area contributed by atoms with E-state index in [9.17, 15) is 0 Å². The molecule has 0 fully saturated rings. The molecule has 0 radical (unpaired) electrons. The molecular weight excluding hydrogens is 221 g/mol. The van der Waals surface area contributed by atoms with Crippen molar-refractivity contribution in [3.8, 4) is 11.4 Å². The van der Waals surface area contributed by atoms with Crippen LogP contribution in [0.1, 0.15) is 0 Å². The van der Waals surface area contributed by atoms with Crippen molar-refractivity contribution in [2.24, 2.45) is 7.05 Å². The average Bonchev–Trinajstić information content (AvgIpc) is 2.56. The Labute approximate surface area is 91.3 Å². The highest BCUT2D eigenvalue weighted by Crippen LogP contribution is 2.27. The van der Waals surface area contributed by atoms with Gasteiger partial charge in [0.15, 0.2) is 5.82 Å². The summed E-state index contributed by atoms with van der Waals surface area (Å²) >= 11 is 11.8. The number of hydrogen-bond acceptors (Lipinski definition) is 2. The first kappa shape index (κ1) is 9.49. The highest BCUT2D eigenvalue weighted by atomic mass is 35.5. The van der Waals surface area contributed by atoms with Gasteiger partial charge in [0.1, 0.15) is 6.33 Å². The third-order valence-electron chi connectivity index (χ3n) is 1.77. The zero-order chi connectivity index (χ0) is 10.1. The van der Waals surface area contributed by atoms with Crippen LogP contribution >= 0.6 is 23.2 Å². The molecule has 5 heteroatoms. The van der Waals surface area contributed by atoms with Crippen LogP contribution in [0.5, 0.6) is 0 Å². The monoisotopic (exact) mass is 227 g/mol. The highest BCUT2D eigenvalue weighted by Gasteiger charge is 2.08. The first-order valence-electron chi connectivity index (χ1n) is 3.98. The molecule has 0 atom stereocenters. The quantitative estimate of drug-likeness (QED) is 0.751. The first-order valence-corrected chi connectivity index (χ1v) is 4.73. The van der Waals surface area contributed by atoms with Gasteiger partial charge in [0.2, 0.25) is 0 Å². The van der Waals surface area contributed by atoms with E-state index in [1.807, 2.05) is 0 Å². The Morgan fingerprint density at radius 1 is 1.29 bits per heavy atom. The molecule has 2 rings (SSSR count). The Kier molecular flexibility index (Phi) is 2.44. The van der Waals surface area contributed by atoms with Crippen LogP contribution in [0.3, 0.4) is 0 Å². The Morgan fingerprint density at radius 3 is 2.71 bits per heavy atom. The summed E-state index contributed by atoms with van der Waals surface area (Å²) in [5.74, 6) is 0.583. The minimum atomic E-state index is 0.583. The Balaban J connectivity index is 2.55. The van der Waals surface area contributed by atoms with E-state index in [2.05, 4.69) is 10.1 Å². The molecule has 0 saturated heterocycles. The largest absolute Gasteiger partial charge is 0.255 e. The molecule has 0 amide bonds. The molecule has 0 bridgehead atoms. The van der Waals surface area contributed by atoms with Gasteiger partial charge in [-0.1, -0.05) is 23.2 Å². The van der Waals surface area contributed by atoms with Gasteiger partial charge in [0.05, 0.1) is 5.02 Å². The van der Waals surface area contributed by atoms with E-state index >= 15 is 0 Å². The van der Waals surface area contributed by atoms with E-state index in [-0.39, 0.29) is 0 Å². The fraction of sp³-hybridized carbons (Fsp3) is 0.111. The molecule has 0 unspecified atom stereocenters. The number of rotatable bonds is 1. The van der Waals surface area contributed by atoms with Gasteiger partial charge in [-0.2, -0.15) is 5.10 Å². The standard InChI is InChI=1S/C9H7Cl2N3/c1-14-5-12-9(13-14)7-4-6(10)2-3-8(7)11/h2-5H,1H3. The lowest BCUT2D eigenvalue weighted by Crippen LogP contribution is -1.88. The number of aryl methyl sites for hydroxylation is 1. The second kappa shape index (κ2) is 3.59. The van der Waals surface area contributed by atoms with Crippen LogP contribution < -0.4 is 0 Å². The van der Waals surface area contributed by atoms with E-state index in [0.717, 1.165) is 5.56 Å². The summed E-state index contributed by atoms with van der Waals surface area (Å²) < 4.78 is 1.62. The van der Waals surface area contributed by atoms with E-state index in [1.54, 1.807) is 36.3 Å². The molecule has 0 N–H and O–H groups in total. The lowest BCUT2D eigenvalue weighted by atomic mass is 10.2. The third-order valence-corrected chi connectivity index (χ3v) is 2.33. The second-order valence-electron chi connectivity index (χ2n) is 2.87. The molecule has 0 aliphatic heterocycles. The van der Waals surface area contributed by atoms with Crippen LogP contribution in [-0.4, -0.2) is 14.8 Å². The minimum absolute atomic E-state index is 0.583. The average molecular weight is 228 g/mol. The molecule has 72 valence electrons. The summed E-state index contributed by atoms with van der Waals surface area (Å²) in [4.78, 5) is 4.10. The lowest BCUT2D eigenvalue weighted by molar-refractivity contribution is 0.768. The van der Waals surface area contributed by atoms with Crippen LogP contribution in [0.2, 0.25) is 10.0 Å². The van der Waals surface area contributed by atoms with E-state index in [1.165, 1.54) is 0 Å². The van der Waals surface area contributed by atoms with Crippen molar-refractivity contribution in [2.45, 2.75) is 0 Å². The van der Waals surface area contributed by atoms with Crippen molar-refractivity contribution in [3.63, 3.8) is 0 Å². The Morgan fingerprint density at radius 2 is 2.07 bits per heavy atom. The molecule has 0 spiro atoms. The Hall–Kier alpha value is -1.06. The van der Waals surface area contributed by atoms with Crippen LogP contribution in [0.4, 0.5) is 0 Å². The third kappa shape index (κ3) is 1.74. The maximum Gasteiger partial charge on any atom is 0.182 e. The fourth-order valence-electron chi connectivity index (χ4n) is 1.13. The van der Waals surface area contributed by atoms with Gasteiger partial charge in [-0.05, 0) is 18.2 Å². The topological polar surface area (TPSA) is 30.7 Å². The molecule has 1 aromatic carbocycles. The van der Waals surface area contributed by atoms with Gasteiger partial charge in [-0.3, -0.25) is 4.68 Å². The maximum atomic E-state index is 5.99. The SMILES string of the molecule is Cn1cnc(-c2cc(Cl)ccc2Cl)n1. The summed E-state index contributed by atoms with van der Waals surface area (Å²) in [6.07, 6.45) is 1.62. The summed E-state index contributed by atoms with van der Waals surface area (Å²) in [7, 11) is 1.80. The van der Waals surface area contributed by atoms with Crippen LogP contribution in [-0.2, 0) is 7.05 Å². The zero-order valence-corrected chi connectivity index (χ0v) is 8.92. The molecule has 1 heterocycles. The summed E-state index contributed by atoms with van der Waals surface area (Å²) in [6, 6.07) is 5.21.